The molecule has 1 amide bonds. The molecule has 1 saturated heterocycles. The Morgan fingerprint density at radius 1 is 1.32 bits per heavy atom. The van der Waals surface area contributed by atoms with Crippen LogP contribution in [0.15, 0.2) is 29.2 Å². The average Bonchev–Trinajstić information content (AvgIpc) is 2.71. The van der Waals surface area contributed by atoms with E-state index in [4.69, 9.17) is 4.74 Å². The summed E-state index contributed by atoms with van der Waals surface area (Å²) in [5.41, 5.74) is 0. The number of rotatable bonds is 8. The molecule has 0 saturated carbocycles. The lowest BCUT2D eigenvalue weighted by atomic mass is 9.95. The Bertz CT molecular complexity index is 793. The summed E-state index contributed by atoms with van der Waals surface area (Å²) in [6, 6.07) is 5.11. The van der Waals surface area contributed by atoms with Crippen LogP contribution in [-0.2, 0) is 19.6 Å². The van der Waals surface area contributed by atoms with Crippen molar-refractivity contribution in [1.29, 1.82) is 0 Å². The van der Waals surface area contributed by atoms with Gasteiger partial charge < -0.3 is 15.2 Å². The highest BCUT2D eigenvalue weighted by Gasteiger charge is 2.35. The molecule has 1 aliphatic rings. The molecule has 1 aromatic rings. The van der Waals surface area contributed by atoms with Gasteiger partial charge in [-0.15, -0.1) is 0 Å². The van der Waals surface area contributed by atoms with Gasteiger partial charge in [0.15, 0.2) is 0 Å². The van der Waals surface area contributed by atoms with Crippen LogP contribution >= 0.6 is 0 Å². The number of amides is 1. The van der Waals surface area contributed by atoms with Gasteiger partial charge in [-0.2, -0.15) is 4.31 Å². The van der Waals surface area contributed by atoms with Gasteiger partial charge in [-0.1, -0.05) is 20.3 Å². The molecular formula is C19H28N2O6S. The second-order valence-corrected chi connectivity index (χ2v) is 9.03. The number of nitrogens with one attached hydrogen (secondary N) is 1. The van der Waals surface area contributed by atoms with Crippen LogP contribution < -0.4 is 10.1 Å². The lowest BCUT2D eigenvalue weighted by Crippen LogP contribution is -2.51. The van der Waals surface area contributed by atoms with E-state index in [0.29, 0.717) is 31.6 Å². The first-order chi connectivity index (χ1) is 13.2. The maximum atomic E-state index is 12.9. The Kier molecular flexibility index (Phi) is 7.42. The second kappa shape index (κ2) is 9.38. The second-order valence-electron chi connectivity index (χ2n) is 7.09. The smallest absolute Gasteiger partial charge is 0.326 e. The third-order valence-corrected chi connectivity index (χ3v) is 7.11. The van der Waals surface area contributed by atoms with Crippen molar-refractivity contribution in [2.45, 2.75) is 44.0 Å². The van der Waals surface area contributed by atoms with Gasteiger partial charge in [-0.3, -0.25) is 4.79 Å². The lowest BCUT2D eigenvalue weighted by molar-refractivity contribution is -0.144. The van der Waals surface area contributed by atoms with Crippen LogP contribution in [0.25, 0.3) is 0 Å². The lowest BCUT2D eigenvalue weighted by Gasteiger charge is -2.32. The number of piperidine rings is 1. The van der Waals surface area contributed by atoms with Crippen LogP contribution in [0.5, 0.6) is 5.75 Å². The topological polar surface area (TPSA) is 113 Å². The molecule has 0 aliphatic carbocycles. The fraction of sp³-hybridized carbons (Fsp3) is 0.579. The number of ether oxygens (including phenoxy) is 1. The van der Waals surface area contributed by atoms with E-state index in [2.05, 4.69) is 5.32 Å². The molecule has 0 aromatic heterocycles. The minimum Gasteiger partial charge on any atom is -0.497 e. The number of nitrogens with zero attached hydrogens (tertiary/aromatic N) is 1. The number of methoxy groups -OCH3 is 1. The van der Waals surface area contributed by atoms with Crippen molar-refractivity contribution in [3.8, 4) is 5.75 Å². The average molecular weight is 413 g/mol. The predicted molar refractivity (Wildman–Crippen MR) is 103 cm³/mol. The molecule has 28 heavy (non-hydrogen) atoms. The number of sulfonamides is 1. The quantitative estimate of drug-likeness (QED) is 0.672. The van der Waals surface area contributed by atoms with Crippen molar-refractivity contribution in [3.63, 3.8) is 0 Å². The summed E-state index contributed by atoms with van der Waals surface area (Å²) >= 11 is 0. The summed E-state index contributed by atoms with van der Waals surface area (Å²) in [6.45, 7) is 3.98. The molecule has 0 bridgehead atoms. The highest BCUT2D eigenvalue weighted by molar-refractivity contribution is 7.89. The van der Waals surface area contributed by atoms with Crippen LogP contribution in [-0.4, -0.2) is 55.9 Å². The Labute approximate surface area is 165 Å². The zero-order valence-corrected chi connectivity index (χ0v) is 17.2. The first-order valence-electron chi connectivity index (χ1n) is 9.38. The Hall–Kier alpha value is -2.13. The molecule has 1 aromatic carbocycles. The number of hydrogen-bond donors (Lipinski definition) is 2. The maximum Gasteiger partial charge on any atom is 0.326 e. The van der Waals surface area contributed by atoms with E-state index in [1.165, 1.54) is 23.5 Å². The third kappa shape index (κ3) is 5.02. The van der Waals surface area contributed by atoms with Gasteiger partial charge in [0.05, 0.1) is 17.9 Å². The summed E-state index contributed by atoms with van der Waals surface area (Å²) in [7, 11) is -2.24. The minimum absolute atomic E-state index is 0.0348. The maximum absolute atomic E-state index is 12.9. The molecule has 2 N–H and O–H groups in total. The summed E-state index contributed by atoms with van der Waals surface area (Å²) in [5.74, 6) is -1.74. The molecule has 0 radical (unpaired) electrons. The number of carboxylic acids is 1. The van der Waals surface area contributed by atoms with Crippen LogP contribution in [0, 0.1) is 11.8 Å². The van der Waals surface area contributed by atoms with Crippen LogP contribution in [0.3, 0.4) is 0 Å². The molecule has 1 fully saturated rings. The Morgan fingerprint density at radius 3 is 2.50 bits per heavy atom. The highest BCUT2D eigenvalue weighted by atomic mass is 32.2. The van der Waals surface area contributed by atoms with Gasteiger partial charge in [0, 0.05) is 13.1 Å². The largest absolute Gasteiger partial charge is 0.497 e. The molecule has 0 spiro atoms. The Morgan fingerprint density at radius 2 is 1.96 bits per heavy atom. The Balaban J connectivity index is 2.11. The molecule has 9 heteroatoms. The molecule has 0 unspecified atom stereocenters. The fourth-order valence-electron chi connectivity index (χ4n) is 3.23. The standard InChI is InChI=1S/C19H28N2O6S/c1-4-13(2)17(19(23)24)20-18(22)14-6-5-11-21(12-14)28(25,26)16-9-7-15(27-3)8-10-16/h7-10,13-14,17H,4-6,11-12H2,1-3H3,(H,20,22)(H,23,24)/t13-,14+,17-/m0/s1. The summed E-state index contributed by atoms with van der Waals surface area (Å²) in [6.07, 6.45) is 1.67. The van der Waals surface area contributed by atoms with Crippen molar-refractivity contribution >= 4 is 21.9 Å². The van der Waals surface area contributed by atoms with Gasteiger partial charge >= 0.3 is 5.97 Å². The predicted octanol–water partition coefficient (Wildman–Crippen LogP) is 1.71. The zero-order chi connectivity index (χ0) is 20.9. The van der Waals surface area contributed by atoms with Crippen molar-refractivity contribution in [2.24, 2.45) is 11.8 Å². The molecule has 1 aliphatic heterocycles. The van der Waals surface area contributed by atoms with E-state index in [9.17, 15) is 23.1 Å². The van der Waals surface area contributed by atoms with Crippen molar-refractivity contribution in [2.75, 3.05) is 20.2 Å². The molecule has 3 atom stereocenters. The number of hydrogen-bond acceptors (Lipinski definition) is 5. The highest BCUT2D eigenvalue weighted by Crippen LogP contribution is 2.25. The van der Waals surface area contributed by atoms with E-state index in [0.717, 1.165) is 0 Å². The monoisotopic (exact) mass is 412 g/mol. The molecule has 1 heterocycles. The summed E-state index contributed by atoms with van der Waals surface area (Å²) in [5, 5.41) is 12.0. The first kappa shape index (κ1) is 22.2. The van der Waals surface area contributed by atoms with Crippen molar-refractivity contribution in [1.82, 2.24) is 9.62 Å². The zero-order valence-electron chi connectivity index (χ0n) is 16.4. The third-order valence-electron chi connectivity index (χ3n) is 5.23. The molecule has 2 rings (SSSR count). The first-order valence-corrected chi connectivity index (χ1v) is 10.8. The molecule has 156 valence electrons. The van der Waals surface area contributed by atoms with Crippen LogP contribution in [0.4, 0.5) is 0 Å². The van der Waals surface area contributed by atoms with E-state index in [1.54, 1.807) is 19.1 Å². The number of carbonyl (C=O) groups excluding carboxylic acids is 1. The minimum atomic E-state index is -3.74. The molecular weight excluding hydrogens is 384 g/mol. The van der Waals surface area contributed by atoms with Gasteiger partial charge in [-0.05, 0) is 43.0 Å². The number of carboxylic acid groups (broad SMARTS) is 1. The summed E-state index contributed by atoms with van der Waals surface area (Å²) < 4.78 is 32.1. The molecule has 8 nitrogen and oxygen atoms in total. The normalized spacial score (nSPS) is 20.2. The van der Waals surface area contributed by atoms with Gasteiger partial charge in [0.1, 0.15) is 11.8 Å². The van der Waals surface area contributed by atoms with Crippen molar-refractivity contribution < 1.29 is 27.9 Å². The SMILES string of the molecule is CC[C@H](C)[C@H](NC(=O)[C@@H]1CCCN(S(=O)(=O)c2ccc(OC)cc2)C1)C(=O)O. The van der Waals surface area contributed by atoms with Crippen LogP contribution in [0.2, 0.25) is 0 Å². The number of benzene rings is 1. The van der Waals surface area contributed by atoms with E-state index < -0.39 is 33.9 Å². The fourth-order valence-corrected chi connectivity index (χ4v) is 4.75. The van der Waals surface area contributed by atoms with E-state index in [-0.39, 0.29) is 17.4 Å². The van der Waals surface area contributed by atoms with Crippen LogP contribution in [0.1, 0.15) is 33.1 Å². The van der Waals surface area contributed by atoms with Gasteiger partial charge in [0.2, 0.25) is 15.9 Å². The van der Waals surface area contributed by atoms with Gasteiger partial charge in [-0.25, -0.2) is 13.2 Å². The van der Waals surface area contributed by atoms with E-state index >= 15 is 0 Å². The van der Waals surface area contributed by atoms with E-state index in [1.807, 2.05) is 6.92 Å². The number of carbonyl (C=O) groups is 2. The summed E-state index contributed by atoms with van der Waals surface area (Å²) in [4.78, 5) is 24.2. The van der Waals surface area contributed by atoms with Gasteiger partial charge in [0.25, 0.3) is 0 Å². The van der Waals surface area contributed by atoms with Crippen molar-refractivity contribution in [3.05, 3.63) is 24.3 Å². The number of aliphatic carboxylic acids is 1.